The topological polar surface area (TPSA) is 80.0 Å². The lowest BCUT2D eigenvalue weighted by Gasteiger charge is -2.53. The smallest absolute Gasteiger partial charge is 0.169 e. The van der Waals surface area contributed by atoms with Crippen molar-refractivity contribution in [1.29, 1.82) is 0 Å². The van der Waals surface area contributed by atoms with Gasteiger partial charge in [-0.05, 0) is 55.0 Å². The molecule has 2 fully saturated rings. The van der Waals surface area contributed by atoms with E-state index >= 15 is 0 Å². The Kier molecular flexibility index (Phi) is 5.33. The van der Waals surface area contributed by atoms with Crippen LogP contribution in [0.25, 0.3) is 22.0 Å². The van der Waals surface area contributed by atoms with Gasteiger partial charge >= 0.3 is 0 Å². The summed E-state index contributed by atoms with van der Waals surface area (Å²) in [5.41, 5.74) is 3.74. The standard InChI is InChI=1S/C27H29N7O/c1-32-17-27(18-32)4-7-34(8-5-27)26-11-19(3-6-28-26)25(35)12-23-9-20-10-24(22-15-31-33(2)16-22)30-14-21(20)13-29-23/h3,6,9-11,13-16H,4-5,7-8,12,17-18H2,1-2H3. The Morgan fingerprint density at radius 2 is 1.77 bits per heavy atom. The number of aryl methyl sites for hydroxylation is 1. The first-order valence-electron chi connectivity index (χ1n) is 12.1. The van der Waals surface area contributed by atoms with E-state index in [0.717, 1.165) is 46.6 Å². The zero-order valence-electron chi connectivity index (χ0n) is 20.2. The van der Waals surface area contributed by atoms with Crippen molar-refractivity contribution in [2.75, 3.05) is 38.1 Å². The second-order valence-corrected chi connectivity index (χ2v) is 10.2. The molecule has 0 saturated carbocycles. The van der Waals surface area contributed by atoms with Crippen molar-refractivity contribution in [3.63, 3.8) is 0 Å². The summed E-state index contributed by atoms with van der Waals surface area (Å²) in [4.78, 5) is 31.5. The Morgan fingerprint density at radius 3 is 2.51 bits per heavy atom. The minimum atomic E-state index is 0.0520. The highest BCUT2D eigenvalue weighted by atomic mass is 16.1. The molecule has 2 aliphatic heterocycles. The molecule has 0 N–H and O–H groups in total. The van der Waals surface area contributed by atoms with Crippen molar-refractivity contribution in [2.24, 2.45) is 12.5 Å². The predicted molar refractivity (Wildman–Crippen MR) is 135 cm³/mol. The fourth-order valence-electron chi connectivity index (χ4n) is 5.55. The Bertz CT molecular complexity index is 1400. The summed E-state index contributed by atoms with van der Waals surface area (Å²) in [5.74, 6) is 0.952. The molecule has 4 aromatic rings. The van der Waals surface area contributed by atoms with Crippen LogP contribution in [-0.4, -0.2) is 68.6 Å². The number of ketones is 1. The maximum Gasteiger partial charge on any atom is 0.169 e. The van der Waals surface area contributed by atoms with Crippen LogP contribution in [0.5, 0.6) is 0 Å². The second kappa shape index (κ2) is 8.53. The summed E-state index contributed by atoms with van der Waals surface area (Å²) in [6, 6.07) is 7.76. The third-order valence-corrected chi connectivity index (χ3v) is 7.43. The highest BCUT2D eigenvalue weighted by Crippen LogP contribution is 2.40. The van der Waals surface area contributed by atoms with E-state index in [-0.39, 0.29) is 12.2 Å². The lowest BCUT2D eigenvalue weighted by molar-refractivity contribution is 0.00121. The molecule has 0 unspecified atom stereocenters. The number of fused-ring (bicyclic) bond motifs is 1. The summed E-state index contributed by atoms with van der Waals surface area (Å²) in [6.45, 7) is 4.40. The maximum atomic E-state index is 13.2. The zero-order valence-corrected chi connectivity index (χ0v) is 20.2. The molecule has 8 nitrogen and oxygen atoms in total. The average molecular weight is 468 g/mol. The molecular formula is C27H29N7O. The van der Waals surface area contributed by atoms with Gasteiger partial charge in [-0.1, -0.05) is 0 Å². The van der Waals surface area contributed by atoms with Gasteiger partial charge in [0.05, 0.1) is 18.3 Å². The Labute approximate surface area is 204 Å². The molecule has 0 radical (unpaired) electrons. The molecular weight excluding hydrogens is 438 g/mol. The van der Waals surface area contributed by atoms with Crippen molar-refractivity contribution >= 4 is 22.4 Å². The van der Waals surface area contributed by atoms with Crippen LogP contribution < -0.4 is 4.90 Å². The van der Waals surface area contributed by atoms with Gasteiger partial charge in [0.15, 0.2) is 5.78 Å². The third-order valence-electron chi connectivity index (χ3n) is 7.43. The summed E-state index contributed by atoms with van der Waals surface area (Å²) >= 11 is 0. The van der Waals surface area contributed by atoms with E-state index in [1.54, 1.807) is 23.3 Å². The fourth-order valence-corrected chi connectivity index (χ4v) is 5.55. The lowest BCUT2D eigenvalue weighted by Crippen LogP contribution is -2.58. The second-order valence-electron chi connectivity index (χ2n) is 10.2. The van der Waals surface area contributed by atoms with Crippen molar-refractivity contribution < 1.29 is 4.79 Å². The Morgan fingerprint density at radius 1 is 0.971 bits per heavy atom. The number of aromatic nitrogens is 5. The minimum Gasteiger partial charge on any atom is -0.357 e. The molecule has 0 aliphatic carbocycles. The summed E-state index contributed by atoms with van der Waals surface area (Å²) in [7, 11) is 4.08. The Hall–Kier alpha value is -3.65. The van der Waals surface area contributed by atoms with E-state index in [2.05, 4.69) is 36.9 Å². The van der Waals surface area contributed by atoms with Gasteiger partial charge < -0.3 is 9.80 Å². The van der Waals surface area contributed by atoms with Gasteiger partial charge in [0, 0.05) is 80.2 Å². The lowest BCUT2D eigenvalue weighted by atomic mass is 9.72. The zero-order chi connectivity index (χ0) is 24.0. The molecule has 0 amide bonds. The number of rotatable bonds is 5. The first-order valence-corrected chi connectivity index (χ1v) is 12.1. The van der Waals surface area contributed by atoms with Crippen molar-refractivity contribution in [2.45, 2.75) is 19.3 Å². The molecule has 2 aliphatic rings. The van der Waals surface area contributed by atoms with E-state index in [1.807, 2.05) is 43.7 Å². The normalized spacial score (nSPS) is 17.6. The van der Waals surface area contributed by atoms with E-state index in [0.29, 0.717) is 11.0 Å². The largest absolute Gasteiger partial charge is 0.357 e. The minimum absolute atomic E-state index is 0.0520. The highest BCUT2D eigenvalue weighted by Gasteiger charge is 2.43. The molecule has 4 aromatic heterocycles. The number of Topliss-reactive ketones (excluding diaryl/α,β-unsaturated/α-hetero) is 1. The molecule has 6 rings (SSSR count). The summed E-state index contributed by atoms with van der Waals surface area (Å²) in [6.07, 6.45) is 11.7. The number of piperidine rings is 1. The van der Waals surface area contributed by atoms with Crippen LogP contribution in [0.3, 0.4) is 0 Å². The number of likely N-dealkylation sites (tertiary alicyclic amines) is 1. The van der Waals surface area contributed by atoms with E-state index < -0.39 is 0 Å². The van der Waals surface area contributed by atoms with Crippen LogP contribution in [0, 0.1) is 5.41 Å². The van der Waals surface area contributed by atoms with E-state index in [4.69, 9.17) is 0 Å². The molecule has 1 spiro atoms. The van der Waals surface area contributed by atoms with Gasteiger partial charge in [0.25, 0.3) is 0 Å². The van der Waals surface area contributed by atoms with Crippen molar-refractivity contribution in [3.05, 3.63) is 66.5 Å². The Balaban J connectivity index is 1.17. The number of anilines is 1. The van der Waals surface area contributed by atoms with Crippen LogP contribution >= 0.6 is 0 Å². The fraction of sp³-hybridized carbons (Fsp3) is 0.370. The molecule has 0 bridgehead atoms. The van der Waals surface area contributed by atoms with Crippen LogP contribution in [-0.2, 0) is 13.5 Å². The SMILES string of the molecule is CN1CC2(CCN(c3cc(C(=O)Cc4cc5cc(-c6cnn(C)c6)ncc5cn4)ccn3)CC2)C1. The van der Waals surface area contributed by atoms with Crippen LogP contribution in [0.4, 0.5) is 5.82 Å². The first-order chi connectivity index (χ1) is 17.0. The first kappa shape index (κ1) is 21.9. The van der Waals surface area contributed by atoms with Crippen LogP contribution in [0.2, 0.25) is 0 Å². The van der Waals surface area contributed by atoms with Crippen LogP contribution in [0.15, 0.2) is 55.2 Å². The summed E-state index contributed by atoms with van der Waals surface area (Å²) in [5, 5.41) is 6.19. The number of pyridine rings is 3. The van der Waals surface area contributed by atoms with Crippen molar-refractivity contribution in [3.8, 4) is 11.3 Å². The van der Waals surface area contributed by atoms with Gasteiger partial charge in [0.2, 0.25) is 0 Å². The quantitative estimate of drug-likeness (QED) is 0.416. The predicted octanol–water partition coefficient (Wildman–Crippen LogP) is 3.38. The number of hydrogen-bond donors (Lipinski definition) is 0. The number of hydrogen-bond acceptors (Lipinski definition) is 7. The van der Waals surface area contributed by atoms with Gasteiger partial charge in [-0.15, -0.1) is 0 Å². The molecule has 35 heavy (non-hydrogen) atoms. The van der Waals surface area contributed by atoms with Crippen LogP contribution in [0.1, 0.15) is 28.9 Å². The van der Waals surface area contributed by atoms with E-state index in [1.165, 1.54) is 25.9 Å². The molecule has 6 heterocycles. The molecule has 2 saturated heterocycles. The number of carbonyl (C=O) groups is 1. The average Bonchev–Trinajstić information content (AvgIpc) is 3.29. The van der Waals surface area contributed by atoms with Crippen molar-refractivity contribution in [1.82, 2.24) is 29.6 Å². The number of nitrogens with zero attached hydrogens (tertiary/aromatic N) is 7. The maximum absolute atomic E-state index is 13.2. The highest BCUT2D eigenvalue weighted by molar-refractivity contribution is 5.98. The monoisotopic (exact) mass is 467 g/mol. The molecule has 0 aromatic carbocycles. The third kappa shape index (κ3) is 4.30. The number of carbonyl (C=O) groups excluding carboxylic acids is 1. The van der Waals surface area contributed by atoms with Gasteiger partial charge in [-0.25, -0.2) is 4.98 Å². The van der Waals surface area contributed by atoms with Gasteiger partial charge in [-0.3, -0.25) is 19.4 Å². The van der Waals surface area contributed by atoms with Gasteiger partial charge in [-0.2, -0.15) is 5.10 Å². The van der Waals surface area contributed by atoms with E-state index in [9.17, 15) is 4.79 Å². The molecule has 0 atom stereocenters. The summed E-state index contributed by atoms with van der Waals surface area (Å²) < 4.78 is 1.76. The van der Waals surface area contributed by atoms with Gasteiger partial charge in [0.1, 0.15) is 5.82 Å². The molecule has 178 valence electrons. The molecule has 8 heteroatoms.